The molecule has 0 bridgehead atoms. The van der Waals surface area contributed by atoms with Gasteiger partial charge in [0, 0.05) is 10.9 Å². The van der Waals surface area contributed by atoms with Crippen LogP contribution in [0.4, 0.5) is 0 Å². The van der Waals surface area contributed by atoms with E-state index in [1.165, 1.54) is 25.7 Å². The number of hydrogen-bond donors (Lipinski definition) is 4. The number of amides is 1. The quantitative estimate of drug-likeness (QED) is 0.236. The number of hydrogen-bond acceptors (Lipinski definition) is 4. The van der Waals surface area contributed by atoms with E-state index in [-0.39, 0.29) is 11.7 Å². The topological polar surface area (TPSA) is 86.4 Å². The van der Waals surface area contributed by atoms with Gasteiger partial charge in [-0.2, -0.15) is 0 Å². The summed E-state index contributed by atoms with van der Waals surface area (Å²) in [5.41, 5.74) is 2.33. The minimum absolute atomic E-state index is 0.0708. The molecule has 6 nitrogen and oxygen atoms in total. The van der Waals surface area contributed by atoms with E-state index in [1.54, 1.807) is 6.07 Å². The number of carbonyl (C=O) groups excluding carboxylic acids is 1. The summed E-state index contributed by atoms with van der Waals surface area (Å²) in [6, 6.07) is 16.8. The molecule has 0 spiro atoms. The summed E-state index contributed by atoms with van der Waals surface area (Å²) in [5.74, 6) is 1.36. The van der Waals surface area contributed by atoms with Crippen LogP contribution in [0.3, 0.4) is 0 Å². The van der Waals surface area contributed by atoms with Crippen LogP contribution in [0.25, 0.3) is 10.9 Å². The third kappa shape index (κ3) is 6.64. The van der Waals surface area contributed by atoms with Crippen LogP contribution in [0.15, 0.2) is 66.9 Å². The molecule has 34 heavy (non-hydrogen) atoms. The summed E-state index contributed by atoms with van der Waals surface area (Å²) in [7, 11) is 0. The zero-order valence-corrected chi connectivity index (χ0v) is 19.7. The van der Waals surface area contributed by atoms with E-state index in [0.717, 1.165) is 54.3 Å². The number of para-hydroxylation sites is 1. The van der Waals surface area contributed by atoms with Crippen molar-refractivity contribution in [2.45, 2.75) is 44.6 Å². The molecule has 2 aromatic carbocycles. The number of aromatic nitrogens is 1. The van der Waals surface area contributed by atoms with Gasteiger partial charge < -0.3 is 25.5 Å². The fraction of sp³-hybridized carbons (Fsp3) is 0.393. The largest absolute Gasteiger partial charge is 0.511 e. The number of piperidine rings is 1. The lowest BCUT2D eigenvalue weighted by atomic mass is 9.93. The predicted molar refractivity (Wildman–Crippen MR) is 136 cm³/mol. The molecule has 1 aromatic heterocycles. The van der Waals surface area contributed by atoms with Crippen molar-refractivity contribution in [3.8, 4) is 5.75 Å². The van der Waals surface area contributed by atoms with Crippen molar-refractivity contribution in [2.75, 3.05) is 19.7 Å². The highest BCUT2D eigenvalue weighted by molar-refractivity contribution is 5.98. The number of fused-ring (bicyclic) bond motifs is 1. The molecule has 1 atom stereocenters. The fourth-order valence-corrected chi connectivity index (χ4v) is 4.54. The molecule has 1 saturated heterocycles. The maximum absolute atomic E-state index is 12.7. The van der Waals surface area contributed by atoms with E-state index >= 15 is 0 Å². The van der Waals surface area contributed by atoms with Gasteiger partial charge in [-0.15, -0.1) is 0 Å². The van der Waals surface area contributed by atoms with Gasteiger partial charge in [0.15, 0.2) is 0 Å². The van der Waals surface area contributed by atoms with E-state index in [1.807, 2.05) is 48.5 Å². The van der Waals surface area contributed by atoms with Crippen LogP contribution in [0.2, 0.25) is 0 Å². The summed E-state index contributed by atoms with van der Waals surface area (Å²) in [4.78, 5) is 15.8. The number of unbranched alkanes of at least 4 members (excludes halogenated alkanes) is 1. The second kappa shape index (κ2) is 11.7. The molecule has 0 radical (unpaired) electrons. The van der Waals surface area contributed by atoms with Crippen LogP contribution >= 0.6 is 0 Å². The van der Waals surface area contributed by atoms with Crippen molar-refractivity contribution in [2.24, 2.45) is 5.92 Å². The standard InChI is InChI=1S/C28H35N3O3/c1-20(32)26(31-28(33)27-19-23-7-2-3-8-25(23)30-27)18-22-9-11-24(12-10-22)34-17-5-4-6-21-13-15-29-16-14-21/h2-3,7-12,19,21,26,29-30,32H,1,4-6,13-18H2,(H,31,33). The van der Waals surface area contributed by atoms with Crippen molar-refractivity contribution in [1.29, 1.82) is 0 Å². The second-order valence-corrected chi connectivity index (χ2v) is 9.17. The number of nitrogens with one attached hydrogen (secondary N) is 3. The zero-order chi connectivity index (χ0) is 23.8. The summed E-state index contributed by atoms with van der Waals surface area (Å²) < 4.78 is 5.90. The lowest BCUT2D eigenvalue weighted by molar-refractivity contribution is 0.0929. The Morgan fingerprint density at radius 2 is 1.88 bits per heavy atom. The Balaban J connectivity index is 1.24. The Bertz CT molecular complexity index is 1050. The van der Waals surface area contributed by atoms with E-state index in [4.69, 9.17) is 4.74 Å². The van der Waals surface area contributed by atoms with Crippen LogP contribution in [-0.4, -0.2) is 41.7 Å². The molecule has 1 fully saturated rings. The van der Waals surface area contributed by atoms with Crippen molar-refractivity contribution >= 4 is 16.8 Å². The van der Waals surface area contributed by atoms with E-state index < -0.39 is 6.04 Å². The van der Waals surface area contributed by atoms with Crippen LogP contribution in [0.5, 0.6) is 5.75 Å². The van der Waals surface area contributed by atoms with Gasteiger partial charge in [-0.1, -0.05) is 43.3 Å². The Morgan fingerprint density at radius 1 is 1.12 bits per heavy atom. The number of benzene rings is 2. The van der Waals surface area contributed by atoms with Crippen LogP contribution in [0.1, 0.15) is 48.2 Å². The molecule has 3 aromatic rings. The number of aliphatic hydroxyl groups excluding tert-OH is 1. The summed E-state index contributed by atoms with van der Waals surface area (Å²) in [6.07, 6.45) is 6.60. The van der Waals surface area contributed by atoms with Gasteiger partial charge in [0.25, 0.3) is 5.91 Å². The molecule has 4 N–H and O–H groups in total. The monoisotopic (exact) mass is 461 g/mol. The minimum atomic E-state index is -0.583. The Labute approximate surface area is 201 Å². The summed E-state index contributed by atoms with van der Waals surface area (Å²) >= 11 is 0. The first kappa shape index (κ1) is 23.9. The Kier molecular flexibility index (Phi) is 8.26. The highest BCUT2D eigenvalue weighted by atomic mass is 16.5. The highest BCUT2D eigenvalue weighted by Crippen LogP contribution is 2.20. The first-order valence-corrected chi connectivity index (χ1v) is 12.3. The first-order valence-electron chi connectivity index (χ1n) is 12.3. The lowest BCUT2D eigenvalue weighted by Crippen LogP contribution is -2.37. The van der Waals surface area contributed by atoms with Crippen LogP contribution in [-0.2, 0) is 6.42 Å². The van der Waals surface area contributed by atoms with Gasteiger partial charge in [0.05, 0.1) is 12.6 Å². The number of aliphatic hydroxyl groups is 1. The molecule has 6 heteroatoms. The van der Waals surface area contributed by atoms with Gasteiger partial charge >= 0.3 is 0 Å². The van der Waals surface area contributed by atoms with Gasteiger partial charge in [-0.25, -0.2) is 0 Å². The van der Waals surface area contributed by atoms with Crippen LogP contribution in [0, 0.1) is 5.92 Å². The molecule has 1 amide bonds. The molecule has 0 saturated carbocycles. The molecule has 4 rings (SSSR count). The summed E-state index contributed by atoms with van der Waals surface area (Å²) in [6.45, 7) is 6.69. The Morgan fingerprint density at radius 3 is 2.62 bits per heavy atom. The molecule has 0 aliphatic carbocycles. The molecular weight excluding hydrogens is 426 g/mol. The average molecular weight is 462 g/mol. The van der Waals surface area contributed by atoms with E-state index in [0.29, 0.717) is 12.1 Å². The molecular formula is C28H35N3O3. The third-order valence-corrected chi connectivity index (χ3v) is 6.58. The van der Waals surface area contributed by atoms with Gasteiger partial charge in [-0.3, -0.25) is 4.79 Å². The normalized spacial score (nSPS) is 15.2. The summed E-state index contributed by atoms with van der Waals surface area (Å²) in [5, 5.41) is 17.3. The maximum atomic E-state index is 12.7. The minimum Gasteiger partial charge on any atom is -0.511 e. The first-order chi connectivity index (χ1) is 16.6. The number of H-pyrrole nitrogens is 1. The molecule has 2 heterocycles. The molecule has 1 unspecified atom stereocenters. The molecule has 1 aliphatic heterocycles. The maximum Gasteiger partial charge on any atom is 0.268 e. The van der Waals surface area contributed by atoms with E-state index in [2.05, 4.69) is 22.2 Å². The van der Waals surface area contributed by atoms with Crippen LogP contribution < -0.4 is 15.4 Å². The van der Waals surface area contributed by atoms with Crippen molar-refractivity contribution in [1.82, 2.24) is 15.6 Å². The smallest absolute Gasteiger partial charge is 0.268 e. The van der Waals surface area contributed by atoms with E-state index in [9.17, 15) is 9.90 Å². The molecule has 180 valence electrons. The van der Waals surface area contributed by atoms with Crippen molar-refractivity contribution in [3.05, 3.63) is 78.2 Å². The fourth-order valence-electron chi connectivity index (χ4n) is 4.54. The van der Waals surface area contributed by atoms with Crippen molar-refractivity contribution in [3.63, 3.8) is 0 Å². The lowest BCUT2D eigenvalue weighted by Gasteiger charge is -2.22. The zero-order valence-electron chi connectivity index (χ0n) is 19.7. The van der Waals surface area contributed by atoms with Gasteiger partial charge in [-0.05, 0) is 80.9 Å². The van der Waals surface area contributed by atoms with Crippen molar-refractivity contribution < 1.29 is 14.6 Å². The Hall–Kier alpha value is -3.25. The second-order valence-electron chi connectivity index (χ2n) is 9.17. The van der Waals surface area contributed by atoms with Gasteiger partial charge in [0.2, 0.25) is 0 Å². The SMILES string of the molecule is C=C(O)C(Cc1ccc(OCCCCC2CCNCC2)cc1)NC(=O)c1cc2ccccc2[nH]1. The third-order valence-electron chi connectivity index (χ3n) is 6.58. The predicted octanol–water partition coefficient (Wildman–Crippen LogP) is 5.13. The number of rotatable bonds is 11. The van der Waals surface area contributed by atoms with Gasteiger partial charge in [0.1, 0.15) is 17.2 Å². The number of ether oxygens (including phenoxy) is 1. The highest BCUT2D eigenvalue weighted by Gasteiger charge is 2.18. The number of aromatic amines is 1. The molecule has 1 aliphatic rings. The number of carbonyl (C=O) groups is 1. The average Bonchev–Trinajstić information content (AvgIpc) is 3.29.